The fourth-order valence-electron chi connectivity index (χ4n) is 2.49. The lowest BCUT2D eigenvalue weighted by atomic mass is 10.0. The Balaban J connectivity index is 2.35. The van der Waals surface area contributed by atoms with Crippen LogP contribution in [-0.4, -0.2) is 31.8 Å². The molecule has 0 aliphatic carbocycles. The van der Waals surface area contributed by atoms with Gasteiger partial charge in [0.15, 0.2) is 0 Å². The molecule has 0 atom stereocenters. The summed E-state index contributed by atoms with van der Waals surface area (Å²) >= 11 is 0. The van der Waals surface area contributed by atoms with Gasteiger partial charge in [-0.15, -0.1) is 0 Å². The van der Waals surface area contributed by atoms with Crippen LogP contribution in [0.2, 0.25) is 0 Å². The molecule has 1 aliphatic heterocycles. The molecular formula is C17H22FNO3. The molecule has 0 fully saturated rings. The lowest BCUT2D eigenvalue weighted by molar-refractivity contribution is -0.140. The van der Waals surface area contributed by atoms with Crippen molar-refractivity contribution in [2.75, 3.05) is 24.7 Å². The van der Waals surface area contributed by atoms with Crippen molar-refractivity contribution >= 4 is 17.2 Å². The number of carbonyl (C=O) groups excluding carboxylic acids is 1. The first kappa shape index (κ1) is 16.3. The molecule has 1 aromatic rings. The van der Waals surface area contributed by atoms with E-state index >= 15 is 0 Å². The van der Waals surface area contributed by atoms with Gasteiger partial charge >= 0.3 is 5.97 Å². The topological polar surface area (TPSA) is 38.8 Å². The van der Waals surface area contributed by atoms with Crippen LogP contribution >= 0.6 is 0 Å². The van der Waals surface area contributed by atoms with Gasteiger partial charge in [-0.25, -0.2) is 4.79 Å². The lowest BCUT2D eigenvalue weighted by Gasteiger charge is -2.34. The van der Waals surface area contributed by atoms with E-state index in [1.54, 1.807) is 26.0 Å². The highest BCUT2D eigenvalue weighted by Gasteiger charge is 2.22. The van der Waals surface area contributed by atoms with Crippen LogP contribution in [0.15, 0.2) is 24.0 Å². The third-order valence-corrected chi connectivity index (χ3v) is 3.70. The number of anilines is 1. The minimum atomic E-state index is -0.928. The molecule has 4 nitrogen and oxygen atoms in total. The van der Waals surface area contributed by atoms with E-state index in [0.29, 0.717) is 24.0 Å². The molecule has 1 aromatic carbocycles. The first-order valence-electron chi connectivity index (χ1n) is 7.53. The number of rotatable bonds is 4. The molecular weight excluding hydrogens is 285 g/mol. The number of hydrogen-bond donors (Lipinski definition) is 0. The summed E-state index contributed by atoms with van der Waals surface area (Å²) in [6, 6.07) is 5.85. The maximum absolute atomic E-state index is 14.1. The molecule has 0 aromatic heterocycles. The summed E-state index contributed by atoms with van der Waals surface area (Å²) in [7, 11) is 0. The summed E-state index contributed by atoms with van der Waals surface area (Å²) in [4.78, 5) is 13.7. The van der Waals surface area contributed by atoms with Gasteiger partial charge in [-0.05, 0) is 51.0 Å². The molecule has 120 valence electrons. The highest BCUT2D eigenvalue weighted by Crippen LogP contribution is 2.36. The number of nitrogens with zero attached hydrogens (tertiary/aromatic N) is 1. The van der Waals surface area contributed by atoms with Crippen LogP contribution in [0.5, 0.6) is 5.75 Å². The van der Waals surface area contributed by atoms with Gasteiger partial charge in [0.2, 0.25) is 5.83 Å². The van der Waals surface area contributed by atoms with Gasteiger partial charge in [0.1, 0.15) is 12.4 Å². The van der Waals surface area contributed by atoms with Gasteiger partial charge < -0.3 is 14.4 Å². The Morgan fingerprint density at radius 1 is 1.45 bits per heavy atom. The SMILES string of the molecule is CCOC(=O)/C(F)=C(/C)c1ccc2c(c1)OCCN2C(C)C. The second kappa shape index (κ2) is 6.81. The molecule has 0 spiro atoms. The lowest BCUT2D eigenvalue weighted by Crippen LogP contribution is -2.37. The van der Waals surface area contributed by atoms with E-state index in [1.165, 1.54) is 0 Å². The molecule has 1 heterocycles. The standard InChI is InChI=1S/C17H22FNO3/c1-5-21-17(20)16(18)12(4)13-6-7-14-15(10-13)22-9-8-19(14)11(2)3/h6-7,10-11H,5,8-9H2,1-4H3/b16-12+. The number of fused-ring (bicyclic) bond motifs is 1. The smallest absolute Gasteiger partial charge is 0.367 e. The first-order valence-corrected chi connectivity index (χ1v) is 7.53. The molecule has 0 saturated heterocycles. The zero-order chi connectivity index (χ0) is 16.3. The Morgan fingerprint density at radius 3 is 2.82 bits per heavy atom. The van der Waals surface area contributed by atoms with Gasteiger partial charge in [-0.1, -0.05) is 6.07 Å². The van der Waals surface area contributed by atoms with Gasteiger partial charge in [0.05, 0.1) is 18.8 Å². The van der Waals surface area contributed by atoms with Crippen molar-refractivity contribution in [2.24, 2.45) is 0 Å². The minimum absolute atomic E-state index is 0.149. The van der Waals surface area contributed by atoms with E-state index in [9.17, 15) is 9.18 Å². The summed E-state index contributed by atoms with van der Waals surface area (Å²) in [5.41, 5.74) is 1.87. The van der Waals surface area contributed by atoms with Crippen molar-refractivity contribution in [3.8, 4) is 5.75 Å². The number of halogens is 1. The van der Waals surface area contributed by atoms with Gasteiger partial charge in [-0.3, -0.25) is 0 Å². The van der Waals surface area contributed by atoms with Crippen LogP contribution < -0.4 is 9.64 Å². The summed E-state index contributed by atoms with van der Waals surface area (Å²) in [5, 5.41) is 0. The summed E-state index contributed by atoms with van der Waals surface area (Å²) in [6.07, 6.45) is 0. The second-order valence-corrected chi connectivity index (χ2v) is 5.48. The zero-order valence-corrected chi connectivity index (χ0v) is 13.5. The highest BCUT2D eigenvalue weighted by molar-refractivity contribution is 5.95. The molecule has 1 aliphatic rings. The van der Waals surface area contributed by atoms with Gasteiger partial charge in [0, 0.05) is 6.04 Å². The average Bonchev–Trinajstić information content (AvgIpc) is 2.52. The average molecular weight is 307 g/mol. The van der Waals surface area contributed by atoms with Crippen LogP contribution in [-0.2, 0) is 9.53 Å². The van der Waals surface area contributed by atoms with E-state index in [0.717, 1.165) is 12.2 Å². The normalized spacial score (nSPS) is 15.1. The number of hydrogen-bond acceptors (Lipinski definition) is 4. The largest absolute Gasteiger partial charge is 0.490 e. The maximum atomic E-state index is 14.1. The van der Waals surface area contributed by atoms with Crippen LogP contribution in [0, 0.1) is 0 Å². The summed E-state index contributed by atoms with van der Waals surface area (Å²) in [6.45, 7) is 9.03. The molecule has 0 bridgehead atoms. The Hall–Kier alpha value is -2.04. The molecule has 5 heteroatoms. The summed E-state index contributed by atoms with van der Waals surface area (Å²) in [5.74, 6) is -1.07. The summed E-state index contributed by atoms with van der Waals surface area (Å²) < 4.78 is 24.4. The van der Waals surface area contributed by atoms with Crippen molar-refractivity contribution in [3.63, 3.8) is 0 Å². The van der Waals surface area contributed by atoms with Crippen molar-refractivity contribution < 1.29 is 18.7 Å². The Bertz CT molecular complexity index is 596. The fraction of sp³-hybridized carbons (Fsp3) is 0.471. The number of esters is 1. The second-order valence-electron chi connectivity index (χ2n) is 5.48. The van der Waals surface area contributed by atoms with Crippen LogP contribution in [0.3, 0.4) is 0 Å². The fourth-order valence-corrected chi connectivity index (χ4v) is 2.49. The molecule has 0 radical (unpaired) electrons. The van der Waals surface area contributed by atoms with Gasteiger partial charge in [-0.2, -0.15) is 4.39 Å². The molecule has 2 rings (SSSR count). The molecule has 0 saturated carbocycles. The molecule has 0 unspecified atom stereocenters. The monoisotopic (exact) mass is 307 g/mol. The van der Waals surface area contributed by atoms with Crippen LogP contribution in [0.1, 0.15) is 33.3 Å². The zero-order valence-electron chi connectivity index (χ0n) is 13.5. The first-order chi connectivity index (χ1) is 10.5. The van der Waals surface area contributed by atoms with Crippen molar-refractivity contribution in [1.82, 2.24) is 0 Å². The van der Waals surface area contributed by atoms with Crippen LogP contribution in [0.25, 0.3) is 5.57 Å². The number of allylic oxidation sites excluding steroid dienone is 1. The van der Waals surface area contributed by atoms with E-state index in [4.69, 9.17) is 9.47 Å². The quantitative estimate of drug-likeness (QED) is 0.630. The van der Waals surface area contributed by atoms with Crippen molar-refractivity contribution in [2.45, 2.75) is 33.7 Å². The maximum Gasteiger partial charge on any atom is 0.367 e. The molecule has 0 N–H and O–H groups in total. The Labute approximate surface area is 130 Å². The number of carbonyl (C=O) groups is 1. The highest BCUT2D eigenvalue weighted by atomic mass is 19.1. The van der Waals surface area contributed by atoms with E-state index < -0.39 is 11.8 Å². The number of ether oxygens (including phenoxy) is 2. The predicted octanol–water partition coefficient (Wildman–Crippen LogP) is 3.56. The third kappa shape index (κ3) is 3.24. The van der Waals surface area contributed by atoms with Crippen LogP contribution in [0.4, 0.5) is 10.1 Å². The van der Waals surface area contributed by atoms with Crippen molar-refractivity contribution in [1.29, 1.82) is 0 Å². The van der Waals surface area contributed by atoms with E-state index in [2.05, 4.69) is 18.7 Å². The van der Waals surface area contributed by atoms with Crippen molar-refractivity contribution in [3.05, 3.63) is 29.6 Å². The minimum Gasteiger partial charge on any atom is -0.490 e. The Kier molecular flexibility index (Phi) is 5.06. The third-order valence-electron chi connectivity index (χ3n) is 3.70. The molecule has 22 heavy (non-hydrogen) atoms. The molecule has 0 amide bonds. The van der Waals surface area contributed by atoms with Gasteiger partial charge in [0.25, 0.3) is 0 Å². The van der Waals surface area contributed by atoms with E-state index in [-0.39, 0.29) is 12.2 Å². The van der Waals surface area contributed by atoms with E-state index in [1.807, 2.05) is 6.07 Å². The predicted molar refractivity (Wildman–Crippen MR) is 84.8 cm³/mol. The number of benzene rings is 1. The Morgan fingerprint density at radius 2 is 2.18 bits per heavy atom.